The van der Waals surface area contributed by atoms with E-state index in [4.69, 9.17) is 5.73 Å². The van der Waals surface area contributed by atoms with Crippen molar-refractivity contribution in [2.24, 2.45) is 0 Å². The molecule has 3 rings (SSSR count). The first-order chi connectivity index (χ1) is 10.3. The Labute approximate surface area is 127 Å². The van der Waals surface area contributed by atoms with Gasteiger partial charge in [-0.2, -0.15) is 0 Å². The topological polar surface area (TPSA) is 30.9 Å². The van der Waals surface area contributed by atoms with Crippen molar-refractivity contribution in [2.45, 2.75) is 4.90 Å². The fourth-order valence-corrected chi connectivity index (χ4v) is 3.15. The van der Waals surface area contributed by atoms with Crippen LogP contribution in [0.4, 0.5) is 17.3 Å². The molecule has 0 spiro atoms. The Morgan fingerprint density at radius 1 is 0.909 bits per heavy atom. The minimum Gasteiger partial charge on any atom is -0.398 e. The third-order valence-corrected chi connectivity index (χ3v) is 4.45. The molecule has 0 bridgehead atoms. The van der Waals surface area contributed by atoms with E-state index in [1.165, 1.54) is 6.07 Å². The highest BCUT2D eigenvalue weighted by atomic mass is 32.3. The maximum absolute atomic E-state index is 13.1. The number of benzene rings is 2. The summed E-state index contributed by atoms with van der Waals surface area (Å²) in [4.78, 5) is -0.776. The maximum Gasteiger partial charge on any atom is 0.239 e. The SMILES string of the molecule is C=c1c2ccccc2c(=C)n1-c1ccc(N)c(S(F)(F)F)c1. The zero-order chi connectivity index (χ0) is 16.1. The molecule has 0 atom stereocenters. The van der Waals surface area contributed by atoms with E-state index in [0.29, 0.717) is 16.4 Å². The molecule has 0 aliphatic rings. The van der Waals surface area contributed by atoms with Gasteiger partial charge in [0.05, 0.1) is 5.69 Å². The first kappa shape index (κ1) is 14.6. The zero-order valence-corrected chi connectivity index (χ0v) is 12.3. The largest absolute Gasteiger partial charge is 0.398 e. The fraction of sp³-hybridized carbons (Fsp3) is 0. The molecule has 0 saturated carbocycles. The van der Waals surface area contributed by atoms with Gasteiger partial charge in [0.15, 0.2) is 0 Å². The highest BCUT2D eigenvalue weighted by Crippen LogP contribution is 2.62. The van der Waals surface area contributed by atoms with Crippen LogP contribution < -0.4 is 16.4 Å². The highest BCUT2D eigenvalue weighted by molar-refractivity contribution is 8.21. The van der Waals surface area contributed by atoms with Crippen molar-refractivity contribution in [1.29, 1.82) is 0 Å². The molecule has 0 saturated heterocycles. The lowest BCUT2D eigenvalue weighted by molar-refractivity contribution is 0.634. The lowest BCUT2D eigenvalue weighted by Gasteiger charge is -2.15. The van der Waals surface area contributed by atoms with Gasteiger partial charge in [0.25, 0.3) is 0 Å². The average Bonchev–Trinajstić information content (AvgIpc) is 2.71. The summed E-state index contributed by atoms with van der Waals surface area (Å²) >= 11 is -5.40. The van der Waals surface area contributed by atoms with Crippen LogP contribution in [-0.2, 0) is 0 Å². The molecule has 3 aromatic rings. The molecule has 1 heterocycles. The van der Waals surface area contributed by atoms with E-state index in [9.17, 15) is 11.7 Å². The molecule has 0 amide bonds. The van der Waals surface area contributed by atoms with Gasteiger partial charge < -0.3 is 10.3 Å². The smallest absolute Gasteiger partial charge is 0.239 e. The fourth-order valence-electron chi connectivity index (χ4n) is 2.56. The summed E-state index contributed by atoms with van der Waals surface area (Å²) in [6, 6.07) is 11.3. The minimum absolute atomic E-state index is 0.265. The van der Waals surface area contributed by atoms with E-state index in [1.807, 2.05) is 24.3 Å². The Hall–Kier alpha value is -2.34. The van der Waals surface area contributed by atoms with Gasteiger partial charge in [0.2, 0.25) is 11.2 Å². The molecule has 0 aliphatic heterocycles. The summed E-state index contributed by atoms with van der Waals surface area (Å²) in [5.74, 6) is 0. The Morgan fingerprint density at radius 3 is 1.95 bits per heavy atom. The second-order valence-electron chi connectivity index (χ2n) is 4.90. The van der Waals surface area contributed by atoms with Crippen molar-refractivity contribution in [3.8, 4) is 5.69 Å². The van der Waals surface area contributed by atoms with Crippen LogP contribution in [0.1, 0.15) is 0 Å². The molecule has 2 aromatic carbocycles. The van der Waals surface area contributed by atoms with E-state index in [-0.39, 0.29) is 5.69 Å². The highest BCUT2D eigenvalue weighted by Gasteiger charge is 2.27. The Kier molecular flexibility index (Phi) is 3.21. The summed E-state index contributed by atoms with van der Waals surface area (Å²) in [6.45, 7) is 7.95. The number of anilines is 1. The summed E-state index contributed by atoms with van der Waals surface area (Å²) in [7, 11) is 0. The Bertz CT molecular complexity index is 926. The quantitative estimate of drug-likeness (QED) is 0.714. The predicted molar refractivity (Wildman–Crippen MR) is 87.2 cm³/mol. The monoisotopic (exact) mass is 322 g/mol. The molecule has 2 nitrogen and oxygen atoms in total. The molecule has 0 fully saturated rings. The minimum atomic E-state index is -5.40. The third kappa shape index (κ3) is 2.16. The first-order valence-electron chi connectivity index (χ1n) is 6.40. The molecule has 114 valence electrons. The standard InChI is InChI=1S/C16H13F3N2S/c1-10-13-5-3-4-6-14(13)11(2)21(10)12-7-8-15(20)16(9-12)22(17,18)19/h3-9H,1-2,20H2. The summed E-state index contributed by atoms with van der Waals surface area (Å²) in [5, 5.41) is 2.94. The van der Waals surface area contributed by atoms with Crippen molar-refractivity contribution < 1.29 is 11.7 Å². The van der Waals surface area contributed by atoms with Crippen LogP contribution in [0.2, 0.25) is 0 Å². The molecule has 0 radical (unpaired) electrons. The van der Waals surface area contributed by atoms with Gasteiger partial charge in [-0.3, -0.25) is 0 Å². The molecular weight excluding hydrogens is 309 g/mol. The van der Waals surface area contributed by atoms with E-state index in [0.717, 1.165) is 16.8 Å². The number of nitrogens with two attached hydrogens (primary N) is 1. The second-order valence-corrected chi connectivity index (χ2v) is 6.16. The second kappa shape index (κ2) is 4.84. The maximum atomic E-state index is 13.1. The number of hydrogen-bond donors (Lipinski definition) is 1. The number of aromatic nitrogens is 1. The normalized spacial score (nSPS) is 12.7. The summed E-state index contributed by atoms with van der Waals surface area (Å²) < 4.78 is 41.0. The van der Waals surface area contributed by atoms with Gasteiger partial charge in [-0.15, -0.1) is 11.7 Å². The van der Waals surface area contributed by atoms with Crippen molar-refractivity contribution >= 4 is 40.8 Å². The van der Waals surface area contributed by atoms with Gasteiger partial charge in [-0.25, -0.2) is 0 Å². The molecule has 0 unspecified atom stereocenters. The Morgan fingerprint density at radius 2 is 1.45 bits per heavy atom. The van der Waals surface area contributed by atoms with Crippen LogP contribution in [0.25, 0.3) is 29.6 Å². The molecule has 6 heteroatoms. The van der Waals surface area contributed by atoms with Crippen LogP contribution in [-0.4, -0.2) is 4.57 Å². The van der Waals surface area contributed by atoms with E-state index in [1.54, 1.807) is 10.6 Å². The van der Waals surface area contributed by atoms with Gasteiger partial charge in [0, 0.05) is 27.2 Å². The van der Waals surface area contributed by atoms with Gasteiger partial charge in [-0.1, -0.05) is 37.4 Å². The molecule has 0 aliphatic carbocycles. The lowest BCUT2D eigenvalue weighted by atomic mass is 10.2. The Balaban J connectivity index is 2.34. The van der Waals surface area contributed by atoms with E-state index < -0.39 is 16.1 Å². The molecule has 2 N–H and O–H groups in total. The number of halogens is 3. The van der Waals surface area contributed by atoms with E-state index >= 15 is 0 Å². The first-order valence-corrected chi connectivity index (χ1v) is 7.73. The van der Waals surface area contributed by atoms with Crippen LogP contribution in [0.5, 0.6) is 0 Å². The average molecular weight is 322 g/mol. The van der Waals surface area contributed by atoms with Crippen LogP contribution in [0.3, 0.4) is 0 Å². The van der Waals surface area contributed by atoms with Crippen molar-refractivity contribution in [3.05, 3.63) is 53.2 Å². The van der Waals surface area contributed by atoms with Crippen molar-refractivity contribution in [3.63, 3.8) is 0 Å². The summed E-state index contributed by atoms with van der Waals surface area (Å²) in [6.07, 6.45) is 0. The third-order valence-electron chi connectivity index (χ3n) is 3.59. The number of fused-ring (bicyclic) bond motifs is 1. The van der Waals surface area contributed by atoms with Gasteiger partial charge in [-0.05, 0) is 18.2 Å². The van der Waals surface area contributed by atoms with E-state index in [2.05, 4.69) is 13.2 Å². The van der Waals surface area contributed by atoms with Crippen LogP contribution in [0, 0.1) is 0 Å². The number of hydrogen-bond acceptors (Lipinski definition) is 1. The number of nitrogen functional groups attached to an aromatic ring is 1. The predicted octanol–water partition coefficient (Wildman–Crippen LogP) is 3.85. The van der Waals surface area contributed by atoms with Crippen LogP contribution >= 0.6 is 11.2 Å². The number of rotatable bonds is 2. The lowest BCUT2D eigenvalue weighted by Crippen LogP contribution is -2.23. The molecule has 22 heavy (non-hydrogen) atoms. The zero-order valence-electron chi connectivity index (χ0n) is 11.5. The van der Waals surface area contributed by atoms with Crippen LogP contribution in [0.15, 0.2) is 47.4 Å². The van der Waals surface area contributed by atoms with Gasteiger partial charge in [0.1, 0.15) is 4.90 Å². The van der Waals surface area contributed by atoms with Crippen molar-refractivity contribution in [2.75, 3.05) is 5.73 Å². The molecular formula is C16H13F3N2S. The van der Waals surface area contributed by atoms with Gasteiger partial charge >= 0.3 is 0 Å². The molecule has 1 aromatic heterocycles. The van der Waals surface area contributed by atoms with Crippen molar-refractivity contribution in [1.82, 2.24) is 4.57 Å². The number of nitrogens with zero attached hydrogens (tertiary/aromatic N) is 1. The summed E-state index contributed by atoms with van der Waals surface area (Å²) in [5.41, 5.74) is 5.56.